The first-order chi connectivity index (χ1) is 8.83. The van der Waals surface area contributed by atoms with Crippen LogP contribution in [0.25, 0.3) is 0 Å². The van der Waals surface area contributed by atoms with Crippen LogP contribution >= 0.6 is 10.7 Å². The molecule has 0 aliphatic carbocycles. The van der Waals surface area contributed by atoms with Crippen molar-refractivity contribution >= 4 is 19.7 Å². The van der Waals surface area contributed by atoms with Crippen molar-refractivity contribution in [2.24, 2.45) is 11.8 Å². The minimum Gasteiger partial charge on any atom is -0.492 e. The second-order valence-electron chi connectivity index (χ2n) is 4.63. The molecule has 1 aromatic carbocycles. The zero-order valence-electron chi connectivity index (χ0n) is 10.8. The normalized spacial score (nSPS) is 13.0. The number of rotatable bonds is 6. The summed E-state index contributed by atoms with van der Waals surface area (Å²) in [6.45, 7) is 4.03. The second kappa shape index (κ2) is 6.78. The van der Waals surface area contributed by atoms with Crippen LogP contribution in [0.1, 0.15) is 19.4 Å². The van der Waals surface area contributed by atoms with Crippen molar-refractivity contribution in [2.75, 3.05) is 12.4 Å². The SMILES string of the molecule is CC(C)C(COc1ccccc1C#N)CS(=O)(=O)Cl. The molecule has 0 amide bonds. The van der Waals surface area contributed by atoms with E-state index < -0.39 is 9.05 Å². The maximum Gasteiger partial charge on any atom is 0.233 e. The number of para-hydroxylation sites is 1. The fraction of sp³-hybridized carbons (Fsp3) is 0.462. The van der Waals surface area contributed by atoms with E-state index in [1.165, 1.54) is 0 Å². The molecule has 104 valence electrons. The maximum absolute atomic E-state index is 11.1. The quantitative estimate of drug-likeness (QED) is 0.758. The van der Waals surface area contributed by atoms with Crippen LogP contribution in [0.5, 0.6) is 5.75 Å². The Bertz CT molecular complexity index is 563. The summed E-state index contributed by atoms with van der Waals surface area (Å²) < 4.78 is 27.8. The molecule has 1 atom stereocenters. The van der Waals surface area contributed by atoms with Crippen molar-refractivity contribution in [1.82, 2.24) is 0 Å². The predicted molar refractivity (Wildman–Crippen MR) is 74.6 cm³/mol. The number of nitriles is 1. The fourth-order valence-electron chi connectivity index (χ4n) is 1.57. The summed E-state index contributed by atoms with van der Waals surface area (Å²) in [7, 11) is 1.72. The van der Waals surface area contributed by atoms with E-state index in [0.29, 0.717) is 11.3 Å². The predicted octanol–water partition coefficient (Wildman–Crippen LogP) is 2.78. The molecule has 1 aromatic rings. The summed E-state index contributed by atoms with van der Waals surface area (Å²) >= 11 is 0. The first-order valence-electron chi connectivity index (χ1n) is 5.87. The van der Waals surface area contributed by atoms with E-state index in [0.717, 1.165) is 0 Å². The third-order valence-electron chi connectivity index (χ3n) is 2.82. The van der Waals surface area contributed by atoms with Gasteiger partial charge in [0, 0.05) is 16.6 Å². The Morgan fingerprint density at radius 2 is 2.00 bits per heavy atom. The van der Waals surface area contributed by atoms with Gasteiger partial charge in [0.15, 0.2) is 0 Å². The highest BCUT2D eigenvalue weighted by Crippen LogP contribution is 2.21. The minimum atomic E-state index is -3.56. The van der Waals surface area contributed by atoms with Gasteiger partial charge in [0.1, 0.15) is 11.8 Å². The number of ether oxygens (including phenoxy) is 1. The summed E-state index contributed by atoms with van der Waals surface area (Å²) in [5.41, 5.74) is 0.429. The van der Waals surface area contributed by atoms with E-state index in [1.54, 1.807) is 24.3 Å². The molecule has 0 radical (unpaired) electrons. The molecule has 0 saturated heterocycles. The lowest BCUT2D eigenvalue weighted by molar-refractivity contribution is 0.224. The van der Waals surface area contributed by atoms with E-state index in [1.807, 2.05) is 19.9 Å². The van der Waals surface area contributed by atoms with Crippen molar-refractivity contribution < 1.29 is 13.2 Å². The van der Waals surface area contributed by atoms with Crippen molar-refractivity contribution in [1.29, 1.82) is 5.26 Å². The zero-order chi connectivity index (χ0) is 14.5. The van der Waals surface area contributed by atoms with Crippen LogP contribution < -0.4 is 4.74 Å². The van der Waals surface area contributed by atoms with Crippen molar-refractivity contribution in [2.45, 2.75) is 13.8 Å². The van der Waals surface area contributed by atoms with Gasteiger partial charge in [-0.25, -0.2) is 8.42 Å². The Kier molecular flexibility index (Phi) is 5.64. The molecule has 0 fully saturated rings. The van der Waals surface area contributed by atoms with Gasteiger partial charge in [-0.15, -0.1) is 0 Å². The smallest absolute Gasteiger partial charge is 0.233 e. The number of hydrogen-bond donors (Lipinski definition) is 0. The van der Waals surface area contributed by atoms with Gasteiger partial charge < -0.3 is 4.74 Å². The number of hydrogen-bond acceptors (Lipinski definition) is 4. The largest absolute Gasteiger partial charge is 0.492 e. The zero-order valence-corrected chi connectivity index (χ0v) is 12.4. The molecule has 4 nitrogen and oxygen atoms in total. The number of nitrogens with zero attached hydrogens (tertiary/aromatic N) is 1. The van der Waals surface area contributed by atoms with Crippen LogP contribution in [0, 0.1) is 23.2 Å². The molecule has 1 rings (SSSR count). The van der Waals surface area contributed by atoms with Gasteiger partial charge >= 0.3 is 0 Å². The molecule has 0 heterocycles. The molecule has 0 spiro atoms. The monoisotopic (exact) mass is 301 g/mol. The first-order valence-corrected chi connectivity index (χ1v) is 8.35. The Morgan fingerprint density at radius 3 is 2.53 bits per heavy atom. The summed E-state index contributed by atoms with van der Waals surface area (Å²) in [6, 6.07) is 8.87. The summed E-state index contributed by atoms with van der Waals surface area (Å²) in [6.07, 6.45) is 0. The Hall–Kier alpha value is -1.25. The molecule has 0 saturated carbocycles. The van der Waals surface area contributed by atoms with Crippen molar-refractivity contribution in [3.05, 3.63) is 29.8 Å². The van der Waals surface area contributed by atoms with Crippen LogP contribution in [-0.2, 0) is 9.05 Å². The molecular weight excluding hydrogens is 286 g/mol. The molecule has 6 heteroatoms. The van der Waals surface area contributed by atoms with E-state index in [-0.39, 0.29) is 24.2 Å². The van der Waals surface area contributed by atoms with Crippen LogP contribution in [0.2, 0.25) is 0 Å². The highest BCUT2D eigenvalue weighted by atomic mass is 35.7. The van der Waals surface area contributed by atoms with E-state index in [2.05, 4.69) is 0 Å². The molecular formula is C13H16ClNO3S. The van der Waals surface area contributed by atoms with Gasteiger partial charge in [-0.3, -0.25) is 0 Å². The number of benzene rings is 1. The maximum atomic E-state index is 11.1. The van der Waals surface area contributed by atoms with E-state index in [9.17, 15) is 8.42 Å². The Labute approximate surface area is 118 Å². The summed E-state index contributed by atoms with van der Waals surface area (Å²) in [5.74, 6) is 0.223. The van der Waals surface area contributed by atoms with Crippen molar-refractivity contribution in [3.8, 4) is 11.8 Å². The Balaban J connectivity index is 2.75. The van der Waals surface area contributed by atoms with E-state index >= 15 is 0 Å². The van der Waals surface area contributed by atoms with Crippen molar-refractivity contribution in [3.63, 3.8) is 0 Å². The van der Waals surface area contributed by atoms with Gasteiger partial charge in [-0.05, 0) is 18.1 Å². The highest BCUT2D eigenvalue weighted by Gasteiger charge is 2.21. The lowest BCUT2D eigenvalue weighted by atomic mass is 9.99. The van der Waals surface area contributed by atoms with Crippen LogP contribution in [0.15, 0.2) is 24.3 Å². The molecule has 19 heavy (non-hydrogen) atoms. The van der Waals surface area contributed by atoms with Gasteiger partial charge in [-0.1, -0.05) is 26.0 Å². The topological polar surface area (TPSA) is 67.2 Å². The summed E-state index contributed by atoms with van der Waals surface area (Å²) in [5, 5.41) is 8.93. The lowest BCUT2D eigenvalue weighted by Gasteiger charge is -2.20. The van der Waals surface area contributed by atoms with Gasteiger partial charge in [0.05, 0.1) is 17.9 Å². The molecule has 0 bridgehead atoms. The molecule has 0 aliphatic heterocycles. The highest BCUT2D eigenvalue weighted by molar-refractivity contribution is 8.13. The van der Waals surface area contributed by atoms with Crippen LogP contribution in [0.3, 0.4) is 0 Å². The fourth-order valence-corrected chi connectivity index (χ4v) is 3.05. The lowest BCUT2D eigenvalue weighted by Crippen LogP contribution is -2.24. The molecule has 0 aliphatic rings. The molecule has 1 unspecified atom stereocenters. The van der Waals surface area contributed by atoms with Crippen LogP contribution in [0.4, 0.5) is 0 Å². The van der Waals surface area contributed by atoms with E-state index in [4.69, 9.17) is 20.7 Å². The van der Waals surface area contributed by atoms with Gasteiger partial charge in [-0.2, -0.15) is 5.26 Å². The van der Waals surface area contributed by atoms with Gasteiger partial charge in [0.2, 0.25) is 9.05 Å². The number of halogens is 1. The van der Waals surface area contributed by atoms with Crippen LogP contribution in [-0.4, -0.2) is 20.8 Å². The second-order valence-corrected chi connectivity index (χ2v) is 7.45. The Morgan fingerprint density at radius 1 is 1.37 bits per heavy atom. The average molecular weight is 302 g/mol. The first kappa shape index (κ1) is 15.8. The third-order valence-corrected chi connectivity index (χ3v) is 4.02. The molecule has 0 aromatic heterocycles. The summed E-state index contributed by atoms with van der Waals surface area (Å²) in [4.78, 5) is 0. The third kappa shape index (κ3) is 5.50. The average Bonchev–Trinajstić information content (AvgIpc) is 2.33. The van der Waals surface area contributed by atoms with Gasteiger partial charge in [0.25, 0.3) is 0 Å². The standard InChI is InChI=1S/C13H16ClNO3S/c1-10(2)12(9-19(14,16)17)8-18-13-6-4-3-5-11(13)7-15/h3-6,10,12H,8-9H2,1-2H3. The minimum absolute atomic E-state index is 0.114. The molecule has 0 N–H and O–H groups in total.